The SMILES string of the molecule is C/C(O)=C/COC(=O)Nc1ccc([N+](=O)[O-])cc1. The molecule has 18 heavy (non-hydrogen) atoms. The number of nitro benzene ring substituents is 1. The van der Waals surface area contributed by atoms with Gasteiger partial charge in [-0.15, -0.1) is 0 Å². The van der Waals surface area contributed by atoms with E-state index in [9.17, 15) is 14.9 Å². The molecule has 0 aliphatic rings. The number of carbonyl (C=O) groups is 1. The number of benzene rings is 1. The van der Waals surface area contributed by atoms with Crippen LogP contribution in [-0.2, 0) is 4.74 Å². The van der Waals surface area contributed by atoms with E-state index in [0.29, 0.717) is 5.69 Å². The summed E-state index contributed by atoms with van der Waals surface area (Å²) in [6.45, 7) is 1.40. The van der Waals surface area contributed by atoms with Gasteiger partial charge >= 0.3 is 6.09 Å². The Kier molecular flexibility index (Phi) is 4.67. The zero-order valence-corrected chi connectivity index (χ0v) is 9.62. The summed E-state index contributed by atoms with van der Waals surface area (Å²) in [5.41, 5.74) is 0.322. The van der Waals surface area contributed by atoms with Crippen LogP contribution in [-0.4, -0.2) is 22.7 Å². The van der Waals surface area contributed by atoms with Gasteiger partial charge in [0.05, 0.1) is 10.7 Å². The third-order valence-corrected chi connectivity index (χ3v) is 1.92. The van der Waals surface area contributed by atoms with Gasteiger partial charge in [-0.2, -0.15) is 0 Å². The Morgan fingerprint density at radius 1 is 1.50 bits per heavy atom. The van der Waals surface area contributed by atoms with Crippen molar-refractivity contribution in [3.63, 3.8) is 0 Å². The summed E-state index contributed by atoms with van der Waals surface area (Å²) < 4.78 is 4.71. The van der Waals surface area contributed by atoms with Crippen LogP contribution >= 0.6 is 0 Å². The van der Waals surface area contributed by atoms with Crippen molar-refractivity contribution in [2.75, 3.05) is 11.9 Å². The van der Waals surface area contributed by atoms with Gasteiger partial charge in [-0.25, -0.2) is 4.79 Å². The van der Waals surface area contributed by atoms with Gasteiger partial charge in [-0.1, -0.05) is 0 Å². The molecule has 0 saturated carbocycles. The molecule has 7 nitrogen and oxygen atoms in total. The number of nitrogens with zero attached hydrogens (tertiary/aromatic N) is 1. The Bertz CT molecular complexity index is 463. The fraction of sp³-hybridized carbons (Fsp3) is 0.182. The van der Waals surface area contributed by atoms with E-state index in [-0.39, 0.29) is 18.1 Å². The average molecular weight is 252 g/mol. The van der Waals surface area contributed by atoms with Crippen molar-refractivity contribution >= 4 is 17.5 Å². The number of allylic oxidation sites excluding steroid dienone is 1. The lowest BCUT2D eigenvalue weighted by Crippen LogP contribution is -2.13. The molecule has 0 fully saturated rings. The smallest absolute Gasteiger partial charge is 0.411 e. The van der Waals surface area contributed by atoms with E-state index in [0.717, 1.165) is 0 Å². The zero-order chi connectivity index (χ0) is 13.5. The van der Waals surface area contributed by atoms with Gasteiger partial charge in [-0.05, 0) is 25.1 Å². The van der Waals surface area contributed by atoms with E-state index < -0.39 is 11.0 Å². The van der Waals surface area contributed by atoms with Gasteiger partial charge in [0.15, 0.2) is 0 Å². The molecule has 0 bridgehead atoms. The number of carbonyl (C=O) groups excluding carboxylic acids is 1. The summed E-state index contributed by atoms with van der Waals surface area (Å²) >= 11 is 0. The van der Waals surface area contributed by atoms with Crippen LogP contribution in [0, 0.1) is 10.1 Å². The largest absolute Gasteiger partial charge is 0.513 e. The highest BCUT2D eigenvalue weighted by Crippen LogP contribution is 2.15. The summed E-state index contributed by atoms with van der Waals surface area (Å²) in [4.78, 5) is 21.1. The van der Waals surface area contributed by atoms with Gasteiger partial charge in [0.2, 0.25) is 0 Å². The van der Waals surface area contributed by atoms with Crippen LogP contribution in [0.4, 0.5) is 16.2 Å². The summed E-state index contributed by atoms with van der Waals surface area (Å²) in [6.07, 6.45) is 0.622. The van der Waals surface area contributed by atoms with Crippen LogP contribution < -0.4 is 5.32 Å². The first kappa shape index (κ1) is 13.5. The molecule has 1 aromatic carbocycles. The van der Waals surface area contributed by atoms with Crippen LogP contribution in [0.3, 0.4) is 0 Å². The quantitative estimate of drug-likeness (QED) is 0.487. The first-order chi connectivity index (χ1) is 8.49. The number of ether oxygens (including phenoxy) is 1. The number of hydrogen-bond donors (Lipinski definition) is 2. The first-order valence-electron chi connectivity index (χ1n) is 5.03. The summed E-state index contributed by atoms with van der Waals surface area (Å²) in [6, 6.07) is 5.33. The van der Waals surface area contributed by atoms with Crippen LogP contribution in [0.5, 0.6) is 0 Å². The molecule has 7 heteroatoms. The molecular formula is C11H12N2O5. The van der Waals surface area contributed by atoms with Crippen molar-refractivity contribution in [3.8, 4) is 0 Å². The number of nitro groups is 1. The van der Waals surface area contributed by atoms with Crippen molar-refractivity contribution in [2.24, 2.45) is 0 Å². The molecule has 1 aromatic rings. The highest BCUT2D eigenvalue weighted by molar-refractivity contribution is 5.84. The molecule has 1 rings (SSSR count). The average Bonchev–Trinajstić information content (AvgIpc) is 2.29. The molecule has 0 aliphatic heterocycles. The molecule has 0 aromatic heterocycles. The molecule has 0 radical (unpaired) electrons. The van der Waals surface area contributed by atoms with Crippen molar-refractivity contribution in [1.29, 1.82) is 0 Å². The number of amides is 1. The number of aliphatic hydroxyl groups excluding tert-OH is 1. The van der Waals surface area contributed by atoms with Crippen LogP contribution in [0.15, 0.2) is 36.1 Å². The highest BCUT2D eigenvalue weighted by atomic mass is 16.6. The third-order valence-electron chi connectivity index (χ3n) is 1.92. The van der Waals surface area contributed by atoms with Gasteiger partial charge in [0.1, 0.15) is 6.61 Å². The second-order valence-electron chi connectivity index (χ2n) is 3.37. The maximum absolute atomic E-state index is 11.2. The minimum Gasteiger partial charge on any atom is -0.513 e. The molecule has 0 unspecified atom stereocenters. The summed E-state index contributed by atoms with van der Waals surface area (Å²) in [5, 5.41) is 21.6. The maximum atomic E-state index is 11.2. The Morgan fingerprint density at radius 3 is 2.61 bits per heavy atom. The lowest BCUT2D eigenvalue weighted by atomic mass is 10.3. The standard InChI is InChI=1S/C11H12N2O5/c1-8(14)6-7-18-11(15)12-9-2-4-10(5-3-9)13(16)17/h2-6,14H,7H2,1H3,(H,12,15)/b8-6-. The number of aliphatic hydroxyl groups is 1. The zero-order valence-electron chi connectivity index (χ0n) is 9.62. The Morgan fingerprint density at radius 2 is 2.11 bits per heavy atom. The number of non-ortho nitro benzene ring substituents is 1. The summed E-state index contributed by atoms with van der Waals surface area (Å²) in [7, 11) is 0. The van der Waals surface area contributed by atoms with E-state index in [1.165, 1.54) is 37.3 Å². The fourth-order valence-electron chi connectivity index (χ4n) is 1.06. The minimum atomic E-state index is -0.707. The molecule has 0 atom stereocenters. The van der Waals surface area contributed by atoms with Gasteiger partial charge in [-0.3, -0.25) is 15.4 Å². The predicted octanol–water partition coefficient (Wildman–Crippen LogP) is 2.61. The number of rotatable bonds is 4. The number of anilines is 1. The molecule has 0 heterocycles. The monoisotopic (exact) mass is 252 g/mol. The Labute approximate surface area is 103 Å². The molecule has 0 aliphatic carbocycles. The molecule has 96 valence electrons. The molecule has 0 spiro atoms. The highest BCUT2D eigenvalue weighted by Gasteiger charge is 2.06. The molecule has 1 amide bonds. The van der Waals surface area contributed by atoms with Crippen molar-refractivity contribution in [1.82, 2.24) is 0 Å². The lowest BCUT2D eigenvalue weighted by molar-refractivity contribution is -0.384. The van der Waals surface area contributed by atoms with Gasteiger partial charge < -0.3 is 9.84 Å². The van der Waals surface area contributed by atoms with Crippen molar-refractivity contribution in [3.05, 3.63) is 46.2 Å². The van der Waals surface area contributed by atoms with E-state index in [1.807, 2.05) is 0 Å². The third kappa shape index (κ3) is 4.52. The van der Waals surface area contributed by atoms with E-state index in [1.54, 1.807) is 0 Å². The molecule has 0 saturated heterocycles. The normalized spacial score (nSPS) is 10.8. The Hall–Kier alpha value is -2.57. The number of hydrogen-bond acceptors (Lipinski definition) is 5. The van der Waals surface area contributed by atoms with Crippen LogP contribution in [0.25, 0.3) is 0 Å². The topological polar surface area (TPSA) is 102 Å². The van der Waals surface area contributed by atoms with E-state index in [2.05, 4.69) is 5.32 Å². The molecule has 2 N–H and O–H groups in total. The molecular weight excluding hydrogens is 240 g/mol. The van der Waals surface area contributed by atoms with Crippen molar-refractivity contribution < 1.29 is 19.6 Å². The second kappa shape index (κ2) is 6.24. The van der Waals surface area contributed by atoms with Gasteiger partial charge in [0, 0.05) is 17.8 Å². The van der Waals surface area contributed by atoms with E-state index in [4.69, 9.17) is 9.84 Å². The minimum absolute atomic E-state index is 0.0538. The fourth-order valence-corrected chi connectivity index (χ4v) is 1.06. The summed E-state index contributed by atoms with van der Waals surface area (Å²) in [5.74, 6) is 0.0538. The predicted molar refractivity (Wildman–Crippen MR) is 64.5 cm³/mol. The van der Waals surface area contributed by atoms with Crippen molar-refractivity contribution in [2.45, 2.75) is 6.92 Å². The van der Waals surface area contributed by atoms with Crippen LogP contribution in [0.1, 0.15) is 6.92 Å². The number of nitrogens with one attached hydrogen (secondary N) is 1. The van der Waals surface area contributed by atoms with Crippen LogP contribution in [0.2, 0.25) is 0 Å². The maximum Gasteiger partial charge on any atom is 0.411 e. The lowest BCUT2D eigenvalue weighted by Gasteiger charge is -2.04. The second-order valence-corrected chi connectivity index (χ2v) is 3.37. The van der Waals surface area contributed by atoms with E-state index >= 15 is 0 Å². The first-order valence-corrected chi connectivity index (χ1v) is 5.03. The Balaban J connectivity index is 2.49. The van der Waals surface area contributed by atoms with Gasteiger partial charge in [0.25, 0.3) is 5.69 Å².